The van der Waals surface area contributed by atoms with Crippen molar-refractivity contribution in [1.29, 1.82) is 0 Å². The minimum atomic E-state index is -0.663. The highest BCUT2D eigenvalue weighted by molar-refractivity contribution is 5.90. The molecule has 3 N–H and O–H groups in total. The van der Waals surface area contributed by atoms with E-state index in [0.29, 0.717) is 13.0 Å². The van der Waals surface area contributed by atoms with Gasteiger partial charge >= 0.3 is 12.1 Å². The fourth-order valence-electron chi connectivity index (χ4n) is 1.54. The topological polar surface area (TPSA) is 105 Å². The molecule has 22 heavy (non-hydrogen) atoms. The molecule has 7 nitrogen and oxygen atoms in total. The van der Waals surface area contributed by atoms with Gasteiger partial charge in [0, 0.05) is 12.6 Å². The zero-order chi connectivity index (χ0) is 16.8. The van der Waals surface area contributed by atoms with Gasteiger partial charge in [0.2, 0.25) is 0 Å². The van der Waals surface area contributed by atoms with Crippen LogP contribution in [0.5, 0.6) is 11.5 Å². The molecule has 0 atom stereocenters. The van der Waals surface area contributed by atoms with Crippen LogP contribution in [-0.4, -0.2) is 41.0 Å². The van der Waals surface area contributed by atoms with E-state index in [2.05, 4.69) is 5.32 Å². The minimum Gasteiger partial charge on any atom is -0.508 e. The van der Waals surface area contributed by atoms with Crippen molar-refractivity contribution in [3.8, 4) is 11.5 Å². The first-order valence-corrected chi connectivity index (χ1v) is 6.84. The third kappa shape index (κ3) is 6.83. The third-order valence-electron chi connectivity index (χ3n) is 2.36. The number of hydrogen-bond donors (Lipinski definition) is 3. The predicted molar refractivity (Wildman–Crippen MR) is 78.9 cm³/mol. The number of carbonyl (C=O) groups is 2. The number of ether oxygens (including phenoxy) is 2. The molecule has 0 aliphatic rings. The zero-order valence-electron chi connectivity index (χ0n) is 12.9. The number of aromatic hydroxyl groups is 2. The van der Waals surface area contributed by atoms with E-state index in [4.69, 9.17) is 9.47 Å². The molecule has 0 heterocycles. The van der Waals surface area contributed by atoms with E-state index in [1.54, 1.807) is 20.8 Å². The Morgan fingerprint density at radius 3 is 2.27 bits per heavy atom. The second-order valence-corrected chi connectivity index (χ2v) is 5.66. The van der Waals surface area contributed by atoms with Gasteiger partial charge in [-0.3, -0.25) is 0 Å². The Morgan fingerprint density at radius 2 is 1.73 bits per heavy atom. The lowest BCUT2D eigenvalue weighted by Gasteiger charge is -2.19. The van der Waals surface area contributed by atoms with E-state index >= 15 is 0 Å². The Kier molecular flexibility index (Phi) is 6.03. The molecule has 0 aliphatic carbocycles. The molecule has 0 radical (unpaired) electrons. The van der Waals surface area contributed by atoms with Crippen molar-refractivity contribution < 1.29 is 29.3 Å². The number of alkyl carbamates (subject to hydrolysis) is 1. The van der Waals surface area contributed by atoms with Crippen molar-refractivity contribution in [3.05, 3.63) is 23.8 Å². The first-order valence-electron chi connectivity index (χ1n) is 6.84. The van der Waals surface area contributed by atoms with Gasteiger partial charge in [0.25, 0.3) is 0 Å². The number of esters is 1. The van der Waals surface area contributed by atoms with Gasteiger partial charge in [-0.25, -0.2) is 9.59 Å². The number of nitrogens with one attached hydrogen (secondary N) is 1. The molecule has 1 aromatic carbocycles. The lowest BCUT2D eigenvalue weighted by atomic mass is 10.2. The minimum absolute atomic E-state index is 0.0533. The normalized spacial score (nSPS) is 10.9. The molecular formula is C15H21NO6. The van der Waals surface area contributed by atoms with Crippen LogP contribution in [-0.2, 0) is 9.47 Å². The van der Waals surface area contributed by atoms with Crippen molar-refractivity contribution in [2.75, 3.05) is 13.2 Å². The molecule has 0 spiro atoms. The largest absolute Gasteiger partial charge is 0.508 e. The van der Waals surface area contributed by atoms with Crippen LogP contribution in [0.2, 0.25) is 0 Å². The first-order chi connectivity index (χ1) is 10.2. The number of amides is 1. The zero-order valence-corrected chi connectivity index (χ0v) is 12.9. The van der Waals surface area contributed by atoms with Crippen molar-refractivity contribution in [3.63, 3.8) is 0 Å². The Bertz CT molecular complexity index is 515. The number of carbonyl (C=O) groups excluding carboxylic acids is 2. The fraction of sp³-hybridized carbons (Fsp3) is 0.467. The smallest absolute Gasteiger partial charge is 0.407 e. The van der Waals surface area contributed by atoms with Crippen molar-refractivity contribution in [1.82, 2.24) is 5.32 Å². The molecule has 1 aromatic rings. The van der Waals surface area contributed by atoms with Gasteiger partial charge in [0.1, 0.15) is 17.1 Å². The van der Waals surface area contributed by atoms with Crippen LogP contribution < -0.4 is 5.32 Å². The summed E-state index contributed by atoms with van der Waals surface area (Å²) in [7, 11) is 0. The summed E-state index contributed by atoms with van der Waals surface area (Å²) in [4.78, 5) is 23.0. The molecule has 1 amide bonds. The summed E-state index contributed by atoms with van der Waals surface area (Å²) in [5.41, 5.74) is -0.508. The van der Waals surface area contributed by atoms with Crippen molar-refractivity contribution in [2.24, 2.45) is 0 Å². The number of phenols is 2. The molecule has 0 saturated heterocycles. The predicted octanol–water partition coefficient (Wildman–Crippen LogP) is 2.17. The maximum Gasteiger partial charge on any atom is 0.407 e. The highest BCUT2D eigenvalue weighted by Gasteiger charge is 2.15. The van der Waals surface area contributed by atoms with Crippen LogP contribution in [0.25, 0.3) is 0 Å². The Balaban J connectivity index is 2.27. The second-order valence-electron chi connectivity index (χ2n) is 5.66. The first kappa shape index (κ1) is 17.6. The van der Waals surface area contributed by atoms with E-state index in [0.717, 1.165) is 6.07 Å². The summed E-state index contributed by atoms with van der Waals surface area (Å²) in [6.45, 7) is 5.68. The lowest BCUT2D eigenvalue weighted by Crippen LogP contribution is -2.33. The van der Waals surface area contributed by atoms with E-state index < -0.39 is 17.7 Å². The molecule has 122 valence electrons. The fourth-order valence-corrected chi connectivity index (χ4v) is 1.54. The number of hydrogen-bond acceptors (Lipinski definition) is 6. The Labute approximate surface area is 128 Å². The molecule has 0 aliphatic heterocycles. The SMILES string of the molecule is CC(C)(C)OC(=O)NCCCOC(=O)c1cc(O)cc(O)c1. The lowest BCUT2D eigenvalue weighted by molar-refractivity contribution is 0.0482. The van der Waals surface area contributed by atoms with Crippen LogP contribution in [0.4, 0.5) is 4.79 Å². The van der Waals surface area contributed by atoms with E-state index in [-0.39, 0.29) is 23.7 Å². The van der Waals surface area contributed by atoms with Gasteiger partial charge in [0.15, 0.2) is 0 Å². The summed E-state index contributed by atoms with van der Waals surface area (Å²) in [6, 6.07) is 3.50. The van der Waals surface area contributed by atoms with Gasteiger partial charge in [-0.2, -0.15) is 0 Å². The molecule has 0 unspecified atom stereocenters. The molecule has 0 aromatic heterocycles. The maximum atomic E-state index is 11.7. The molecule has 0 bridgehead atoms. The van der Waals surface area contributed by atoms with Crippen LogP contribution in [0, 0.1) is 0 Å². The van der Waals surface area contributed by atoms with Gasteiger partial charge in [-0.1, -0.05) is 0 Å². The van der Waals surface area contributed by atoms with Gasteiger partial charge < -0.3 is 25.0 Å². The quantitative estimate of drug-likeness (QED) is 0.568. The maximum absolute atomic E-state index is 11.7. The highest BCUT2D eigenvalue weighted by Crippen LogP contribution is 2.20. The summed E-state index contributed by atoms with van der Waals surface area (Å²) in [5.74, 6) is -1.11. The standard InChI is InChI=1S/C15H21NO6/c1-15(2,3)22-14(20)16-5-4-6-21-13(19)10-7-11(17)9-12(18)8-10/h7-9,17-18H,4-6H2,1-3H3,(H,16,20). The summed E-state index contributed by atoms with van der Waals surface area (Å²) in [6.07, 6.45) is -0.118. The van der Waals surface area contributed by atoms with E-state index in [1.807, 2.05) is 0 Å². The van der Waals surface area contributed by atoms with E-state index in [1.165, 1.54) is 12.1 Å². The third-order valence-corrected chi connectivity index (χ3v) is 2.36. The second kappa shape index (κ2) is 7.53. The molecule has 7 heteroatoms. The average Bonchev–Trinajstić information content (AvgIpc) is 2.34. The van der Waals surface area contributed by atoms with Crippen molar-refractivity contribution in [2.45, 2.75) is 32.8 Å². The number of rotatable bonds is 5. The molecule has 1 rings (SSSR count). The number of phenolic OH excluding ortho intramolecular Hbond substituents is 2. The van der Waals surface area contributed by atoms with Crippen molar-refractivity contribution >= 4 is 12.1 Å². The van der Waals surface area contributed by atoms with E-state index in [9.17, 15) is 19.8 Å². The monoisotopic (exact) mass is 311 g/mol. The molecule has 0 saturated carbocycles. The Morgan fingerprint density at radius 1 is 1.14 bits per heavy atom. The summed E-state index contributed by atoms with van der Waals surface area (Å²) < 4.78 is 10.0. The Hall–Kier alpha value is -2.44. The average molecular weight is 311 g/mol. The van der Waals surface area contributed by atoms with Crippen LogP contribution in [0.3, 0.4) is 0 Å². The van der Waals surface area contributed by atoms with Gasteiger partial charge in [-0.15, -0.1) is 0 Å². The summed E-state index contributed by atoms with van der Waals surface area (Å²) in [5, 5.41) is 21.1. The van der Waals surface area contributed by atoms with Crippen LogP contribution >= 0.6 is 0 Å². The number of benzene rings is 1. The van der Waals surface area contributed by atoms with Crippen LogP contribution in [0.15, 0.2) is 18.2 Å². The molecular weight excluding hydrogens is 290 g/mol. The highest BCUT2D eigenvalue weighted by atomic mass is 16.6. The van der Waals surface area contributed by atoms with Gasteiger partial charge in [0.05, 0.1) is 12.2 Å². The van der Waals surface area contributed by atoms with Crippen LogP contribution in [0.1, 0.15) is 37.6 Å². The summed E-state index contributed by atoms with van der Waals surface area (Å²) >= 11 is 0. The molecule has 0 fully saturated rings. The van der Waals surface area contributed by atoms with Gasteiger partial charge in [-0.05, 0) is 39.3 Å².